The topological polar surface area (TPSA) is 58.4 Å². The molecule has 0 saturated heterocycles. The van der Waals surface area contributed by atoms with Gasteiger partial charge in [0.05, 0.1) is 5.69 Å². The second-order valence-corrected chi connectivity index (χ2v) is 4.06. The maximum atomic E-state index is 13.4. The van der Waals surface area contributed by atoms with Crippen LogP contribution in [0.3, 0.4) is 0 Å². The number of nitrogens with one attached hydrogen (secondary N) is 1. The predicted octanol–water partition coefficient (Wildman–Crippen LogP) is 2.08. The van der Waals surface area contributed by atoms with Crippen LogP contribution in [-0.2, 0) is 4.79 Å². The third-order valence-corrected chi connectivity index (χ3v) is 2.81. The number of hydrogen-bond acceptors (Lipinski definition) is 3. The number of hydrogen-bond donors (Lipinski definition) is 2. The quantitative estimate of drug-likeness (QED) is 0.763. The van der Waals surface area contributed by atoms with Crippen molar-refractivity contribution in [1.82, 2.24) is 4.90 Å². The molecular weight excluding hydrogens is 233 g/mol. The van der Waals surface area contributed by atoms with Crippen LogP contribution >= 0.6 is 0 Å². The Morgan fingerprint density at radius 2 is 2.06 bits per heavy atom. The average Bonchev–Trinajstić information content (AvgIpc) is 2.35. The van der Waals surface area contributed by atoms with Crippen LogP contribution < -0.4 is 11.1 Å². The molecule has 4 nitrogen and oxygen atoms in total. The Bertz CT molecular complexity index is 405. The van der Waals surface area contributed by atoms with E-state index in [9.17, 15) is 9.18 Å². The fourth-order valence-electron chi connectivity index (χ4n) is 1.65. The monoisotopic (exact) mass is 253 g/mol. The zero-order chi connectivity index (χ0) is 13.5. The number of benzene rings is 1. The lowest BCUT2D eigenvalue weighted by molar-refractivity contribution is -0.116. The van der Waals surface area contributed by atoms with Gasteiger partial charge in [-0.25, -0.2) is 4.39 Å². The normalized spacial score (nSPS) is 10.7. The first-order chi connectivity index (χ1) is 8.56. The van der Waals surface area contributed by atoms with Crippen molar-refractivity contribution < 1.29 is 9.18 Å². The lowest BCUT2D eigenvalue weighted by atomic mass is 10.2. The van der Waals surface area contributed by atoms with Crippen molar-refractivity contribution in [1.29, 1.82) is 0 Å². The number of nitrogens with two attached hydrogens (primary N) is 1. The van der Waals surface area contributed by atoms with Crippen LogP contribution in [0, 0.1) is 5.82 Å². The van der Waals surface area contributed by atoms with Gasteiger partial charge in [-0.3, -0.25) is 4.79 Å². The van der Waals surface area contributed by atoms with E-state index in [1.54, 1.807) is 0 Å². The number of carbonyl (C=O) groups excluding carboxylic acids is 1. The largest absolute Gasteiger partial charge is 0.399 e. The fraction of sp³-hybridized carbons (Fsp3) is 0.462. The molecule has 0 aliphatic heterocycles. The van der Waals surface area contributed by atoms with Crippen molar-refractivity contribution in [3.63, 3.8) is 0 Å². The Hall–Kier alpha value is -1.62. The Kier molecular flexibility index (Phi) is 5.58. The molecule has 1 amide bonds. The molecule has 0 heterocycles. The summed E-state index contributed by atoms with van der Waals surface area (Å²) >= 11 is 0. The molecule has 0 atom stereocenters. The maximum absolute atomic E-state index is 13.4. The van der Waals surface area contributed by atoms with E-state index in [-0.39, 0.29) is 11.6 Å². The van der Waals surface area contributed by atoms with Crippen molar-refractivity contribution in [2.24, 2.45) is 0 Å². The van der Waals surface area contributed by atoms with E-state index >= 15 is 0 Å². The van der Waals surface area contributed by atoms with Crippen LogP contribution in [0.1, 0.15) is 20.3 Å². The van der Waals surface area contributed by atoms with E-state index < -0.39 is 5.82 Å². The molecule has 100 valence electrons. The lowest BCUT2D eigenvalue weighted by Crippen LogP contribution is -2.27. The summed E-state index contributed by atoms with van der Waals surface area (Å²) in [7, 11) is 0. The van der Waals surface area contributed by atoms with Gasteiger partial charge in [0.2, 0.25) is 5.91 Å². The average molecular weight is 253 g/mol. The zero-order valence-electron chi connectivity index (χ0n) is 10.9. The van der Waals surface area contributed by atoms with Gasteiger partial charge in [0.15, 0.2) is 0 Å². The summed E-state index contributed by atoms with van der Waals surface area (Å²) in [5, 5.41) is 2.53. The van der Waals surface area contributed by atoms with Crippen molar-refractivity contribution in [2.75, 3.05) is 30.7 Å². The summed E-state index contributed by atoms with van der Waals surface area (Å²) in [6.07, 6.45) is 0.343. The number of amides is 1. The Balaban J connectivity index is 2.51. The van der Waals surface area contributed by atoms with Crippen LogP contribution in [0.15, 0.2) is 18.2 Å². The van der Waals surface area contributed by atoms with Crippen LogP contribution in [-0.4, -0.2) is 30.4 Å². The summed E-state index contributed by atoms with van der Waals surface area (Å²) < 4.78 is 13.4. The van der Waals surface area contributed by atoms with Gasteiger partial charge in [0.1, 0.15) is 5.82 Å². The van der Waals surface area contributed by atoms with Crippen LogP contribution in [0.4, 0.5) is 15.8 Å². The molecule has 0 aliphatic rings. The molecule has 0 aliphatic carbocycles. The van der Waals surface area contributed by atoms with Gasteiger partial charge < -0.3 is 16.0 Å². The van der Waals surface area contributed by atoms with Crippen LogP contribution in [0.5, 0.6) is 0 Å². The number of nitrogens with zero attached hydrogens (tertiary/aromatic N) is 1. The maximum Gasteiger partial charge on any atom is 0.225 e. The van der Waals surface area contributed by atoms with Crippen molar-refractivity contribution in [3.8, 4) is 0 Å². The molecule has 1 aromatic rings. The molecule has 1 aromatic carbocycles. The van der Waals surface area contributed by atoms with Crippen LogP contribution in [0.25, 0.3) is 0 Å². The molecule has 0 radical (unpaired) electrons. The van der Waals surface area contributed by atoms with Gasteiger partial charge in [-0.2, -0.15) is 0 Å². The summed E-state index contributed by atoms with van der Waals surface area (Å²) in [5.74, 6) is -0.674. The first kappa shape index (κ1) is 14.4. The molecular formula is C13H20FN3O. The van der Waals surface area contributed by atoms with Crippen LogP contribution in [0.2, 0.25) is 0 Å². The van der Waals surface area contributed by atoms with E-state index in [2.05, 4.69) is 10.2 Å². The number of carbonyl (C=O) groups is 1. The Morgan fingerprint density at radius 3 is 2.67 bits per heavy atom. The van der Waals surface area contributed by atoms with Crippen molar-refractivity contribution >= 4 is 17.3 Å². The molecule has 0 unspecified atom stereocenters. The Morgan fingerprint density at radius 1 is 1.39 bits per heavy atom. The van der Waals surface area contributed by atoms with Gasteiger partial charge in [0.25, 0.3) is 0 Å². The number of halogens is 1. The molecule has 0 saturated carbocycles. The second kappa shape index (κ2) is 6.96. The highest BCUT2D eigenvalue weighted by Gasteiger charge is 2.08. The molecule has 0 aromatic heterocycles. The van der Waals surface area contributed by atoms with E-state index in [1.165, 1.54) is 18.2 Å². The minimum atomic E-state index is -0.472. The molecule has 1 rings (SSSR count). The predicted molar refractivity (Wildman–Crippen MR) is 71.8 cm³/mol. The highest BCUT2D eigenvalue weighted by molar-refractivity contribution is 5.91. The molecule has 0 spiro atoms. The second-order valence-electron chi connectivity index (χ2n) is 4.06. The first-order valence-electron chi connectivity index (χ1n) is 6.14. The van der Waals surface area contributed by atoms with E-state index in [4.69, 9.17) is 5.73 Å². The van der Waals surface area contributed by atoms with Gasteiger partial charge in [-0.15, -0.1) is 0 Å². The highest BCUT2D eigenvalue weighted by atomic mass is 19.1. The number of anilines is 2. The zero-order valence-corrected chi connectivity index (χ0v) is 10.9. The van der Waals surface area contributed by atoms with E-state index in [1.807, 2.05) is 13.8 Å². The first-order valence-corrected chi connectivity index (χ1v) is 6.14. The van der Waals surface area contributed by atoms with E-state index in [0.717, 1.165) is 13.1 Å². The standard InChI is InChI=1S/C13H20FN3O/c1-3-17(4-2)8-7-13(18)16-12-9-10(15)5-6-11(12)14/h5-6,9H,3-4,7-8,15H2,1-2H3,(H,16,18). The molecule has 3 N–H and O–H groups in total. The van der Waals surface area contributed by atoms with Crippen molar-refractivity contribution in [3.05, 3.63) is 24.0 Å². The third-order valence-electron chi connectivity index (χ3n) is 2.81. The smallest absolute Gasteiger partial charge is 0.225 e. The molecule has 5 heteroatoms. The van der Waals surface area contributed by atoms with Crippen molar-refractivity contribution in [2.45, 2.75) is 20.3 Å². The van der Waals surface area contributed by atoms with Gasteiger partial charge in [-0.05, 0) is 31.3 Å². The lowest BCUT2D eigenvalue weighted by Gasteiger charge is -2.17. The van der Waals surface area contributed by atoms with Gasteiger partial charge >= 0.3 is 0 Å². The number of nitrogen functional groups attached to an aromatic ring is 1. The summed E-state index contributed by atoms with van der Waals surface area (Å²) in [6.45, 7) is 6.55. The summed E-state index contributed by atoms with van der Waals surface area (Å²) in [5.41, 5.74) is 6.11. The van der Waals surface area contributed by atoms with Gasteiger partial charge in [-0.1, -0.05) is 13.8 Å². The summed E-state index contributed by atoms with van der Waals surface area (Å²) in [4.78, 5) is 13.8. The molecule has 0 fully saturated rings. The minimum absolute atomic E-state index is 0.138. The number of rotatable bonds is 6. The van der Waals surface area contributed by atoms with Gasteiger partial charge in [0, 0.05) is 18.7 Å². The minimum Gasteiger partial charge on any atom is -0.399 e. The fourth-order valence-corrected chi connectivity index (χ4v) is 1.65. The van der Waals surface area contributed by atoms with E-state index in [0.29, 0.717) is 18.7 Å². The Labute approximate surface area is 107 Å². The SMILES string of the molecule is CCN(CC)CCC(=O)Nc1cc(N)ccc1F. The molecule has 0 bridgehead atoms. The summed E-state index contributed by atoms with van der Waals surface area (Å²) in [6, 6.07) is 4.13. The highest BCUT2D eigenvalue weighted by Crippen LogP contribution is 2.17. The molecule has 18 heavy (non-hydrogen) atoms. The third kappa shape index (κ3) is 4.33.